The van der Waals surface area contributed by atoms with Crippen molar-refractivity contribution in [2.24, 2.45) is 0 Å². The Morgan fingerprint density at radius 1 is 0.926 bits per heavy atom. The van der Waals surface area contributed by atoms with Crippen molar-refractivity contribution in [1.82, 2.24) is 16.0 Å². The van der Waals surface area contributed by atoms with Gasteiger partial charge in [0.2, 0.25) is 0 Å². The zero-order chi connectivity index (χ0) is 19.1. The summed E-state index contributed by atoms with van der Waals surface area (Å²) in [6.07, 6.45) is 3.15. The molecule has 0 aromatic heterocycles. The van der Waals surface area contributed by atoms with Gasteiger partial charge < -0.3 is 16.0 Å². The summed E-state index contributed by atoms with van der Waals surface area (Å²) < 4.78 is 13.5. The third-order valence-corrected chi connectivity index (χ3v) is 4.85. The Bertz CT molecular complexity index is 810. The first-order chi connectivity index (χ1) is 13.1. The van der Waals surface area contributed by atoms with Gasteiger partial charge in [-0.3, -0.25) is 4.79 Å². The molecule has 27 heavy (non-hydrogen) atoms. The molecule has 142 valence electrons. The smallest absolute Gasteiger partial charge is 0.314 e. The molecule has 0 heterocycles. The number of hydrogen-bond acceptors (Lipinski definition) is 2. The van der Waals surface area contributed by atoms with E-state index in [1.54, 1.807) is 6.07 Å². The molecule has 3 rings (SSSR count). The fourth-order valence-electron chi connectivity index (χ4n) is 3.46. The van der Waals surface area contributed by atoms with Gasteiger partial charge in [0.25, 0.3) is 5.91 Å². The Labute approximate surface area is 158 Å². The Morgan fingerprint density at radius 2 is 1.63 bits per heavy atom. The summed E-state index contributed by atoms with van der Waals surface area (Å²) in [4.78, 5) is 23.7. The number of benzene rings is 2. The van der Waals surface area contributed by atoms with Gasteiger partial charge in [-0.05, 0) is 48.4 Å². The van der Waals surface area contributed by atoms with Crippen LogP contribution in [0.3, 0.4) is 0 Å². The Balaban J connectivity index is 1.30. The van der Waals surface area contributed by atoms with Crippen LogP contribution in [0, 0.1) is 5.82 Å². The predicted molar refractivity (Wildman–Crippen MR) is 102 cm³/mol. The fraction of sp³-hybridized carbons (Fsp3) is 0.333. The second-order valence-electron chi connectivity index (χ2n) is 6.64. The van der Waals surface area contributed by atoms with Crippen molar-refractivity contribution in [1.29, 1.82) is 0 Å². The van der Waals surface area contributed by atoms with E-state index >= 15 is 0 Å². The van der Waals surface area contributed by atoms with Crippen molar-refractivity contribution in [3.05, 3.63) is 71.0 Å². The summed E-state index contributed by atoms with van der Waals surface area (Å²) in [7, 11) is 0. The number of nitrogens with one attached hydrogen (secondary N) is 3. The Hall–Kier alpha value is -2.89. The second-order valence-corrected chi connectivity index (χ2v) is 6.64. The minimum absolute atomic E-state index is 0.00111. The van der Waals surface area contributed by atoms with E-state index in [-0.39, 0.29) is 24.7 Å². The van der Waals surface area contributed by atoms with Crippen LogP contribution in [0.4, 0.5) is 9.18 Å². The fourth-order valence-corrected chi connectivity index (χ4v) is 3.46. The van der Waals surface area contributed by atoms with Gasteiger partial charge in [0.15, 0.2) is 0 Å². The highest BCUT2D eigenvalue weighted by atomic mass is 19.1. The summed E-state index contributed by atoms with van der Waals surface area (Å²) in [5, 5.41) is 8.12. The average Bonchev–Trinajstić information content (AvgIpc) is 3.09. The number of hydrogen-bond donors (Lipinski definition) is 3. The van der Waals surface area contributed by atoms with E-state index in [9.17, 15) is 14.0 Å². The van der Waals surface area contributed by atoms with E-state index in [0.717, 1.165) is 19.3 Å². The highest BCUT2D eigenvalue weighted by Crippen LogP contribution is 2.34. The van der Waals surface area contributed by atoms with Crippen LogP contribution in [0.25, 0.3) is 0 Å². The van der Waals surface area contributed by atoms with Crippen LogP contribution in [0.2, 0.25) is 0 Å². The molecule has 0 saturated heterocycles. The summed E-state index contributed by atoms with van der Waals surface area (Å²) in [5.74, 6) is -0.550. The van der Waals surface area contributed by atoms with Crippen LogP contribution >= 0.6 is 0 Å². The number of urea groups is 1. The van der Waals surface area contributed by atoms with Crippen LogP contribution in [0.1, 0.15) is 40.2 Å². The van der Waals surface area contributed by atoms with Crippen molar-refractivity contribution in [3.8, 4) is 0 Å². The number of halogens is 1. The molecular formula is C21H24FN3O2. The molecule has 2 aromatic rings. The van der Waals surface area contributed by atoms with Crippen molar-refractivity contribution >= 4 is 11.9 Å². The summed E-state index contributed by atoms with van der Waals surface area (Å²) >= 11 is 0. The van der Waals surface area contributed by atoms with E-state index in [2.05, 4.69) is 40.2 Å². The molecular weight excluding hydrogens is 345 g/mol. The van der Waals surface area contributed by atoms with E-state index in [1.165, 1.54) is 29.3 Å². The maximum absolute atomic E-state index is 13.5. The third kappa shape index (κ3) is 5.06. The lowest BCUT2D eigenvalue weighted by Crippen LogP contribution is -2.40. The number of rotatable bonds is 7. The van der Waals surface area contributed by atoms with Gasteiger partial charge in [-0.25, -0.2) is 9.18 Å². The molecule has 2 aromatic carbocycles. The van der Waals surface area contributed by atoms with Gasteiger partial charge in [0, 0.05) is 19.6 Å². The van der Waals surface area contributed by atoms with Crippen LogP contribution in [-0.4, -0.2) is 31.6 Å². The molecule has 1 atom stereocenters. The lowest BCUT2D eigenvalue weighted by Gasteiger charge is -2.13. The van der Waals surface area contributed by atoms with E-state index in [0.29, 0.717) is 12.5 Å². The zero-order valence-electron chi connectivity index (χ0n) is 15.1. The van der Waals surface area contributed by atoms with Crippen LogP contribution < -0.4 is 16.0 Å². The van der Waals surface area contributed by atoms with Crippen molar-refractivity contribution in [2.45, 2.75) is 25.2 Å². The molecule has 0 bridgehead atoms. The number of aryl methyl sites for hydroxylation is 1. The van der Waals surface area contributed by atoms with Crippen LogP contribution in [0.5, 0.6) is 0 Å². The molecule has 1 unspecified atom stereocenters. The van der Waals surface area contributed by atoms with E-state index in [1.807, 2.05) is 0 Å². The van der Waals surface area contributed by atoms with Gasteiger partial charge in [0.05, 0.1) is 5.56 Å². The van der Waals surface area contributed by atoms with E-state index in [4.69, 9.17) is 0 Å². The highest BCUT2D eigenvalue weighted by molar-refractivity contribution is 5.94. The number of carbonyl (C=O) groups is 2. The molecule has 6 heteroatoms. The molecule has 0 radical (unpaired) electrons. The quantitative estimate of drug-likeness (QED) is 0.657. The maximum Gasteiger partial charge on any atom is 0.314 e. The zero-order valence-corrected chi connectivity index (χ0v) is 15.1. The highest BCUT2D eigenvalue weighted by Gasteiger charge is 2.21. The molecule has 1 aliphatic carbocycles. The number of fused-ring (bicyclic) bond motifs is 1. The SMILES string of the molecule is O=C(NCCNC(=O)c1ccccc1F)NCCC1CCc2ccccc21. The summed E-state index contributed by atoms with van der Waals surface area (Å²) in [6.45, 7) is 1.11. The molecule has 0 aliphatic heterocycles. The molecule has 5 nitrogen and oxygen atoms in total. The van der Waals surface area contributed by atoms with Crippen molar-refractivity contribution in [3.63, 3.8) is 0 Å². The first-order valence-corrected chi connectivity index (χ1v) is 9.27. The van der Waals surface area contributed by atoms with Gasteiger partial charge in [-0.2, -0.15) is 0 Å². The molecule has 3 amide bonds. The topological polar surface area (TPSA) is 70.2 Å². The minimum Gasteiger partial charge on any atom is -0.350 e. The molecule has 0 spiro atoms. The number of carbonyl (C=O) groups excluding carboxylic acids is 2. The lowest BCUT2D eigenvalue weighted by atomic mass is 9.98. The Morgan fingerprint density at radius 3 is 2.48 bits per heavy atom. The molecule has 3 N–H and O–H groups in total. The molecule has 1 aliphatic rings. The van der Waals surface area contributed by atoms with Gasteiger partial charge in [-0.15, -0.1) is 0 Å². The van der Waals surface area contributed by atoms with Gasteiger partial charge in [-0.1, -0.05) is 36.4 Å². The summed E-state index contributed by atoms with van der Waals surface area (Å²) in [5.41, 5.74) is 2.81. The Kier molecular flexibility index (Phi) is 6.41. The normalized spacial score (nSPS) is 15.1. The maximum atomic E-state index is 13.5. The third-order valence-electron chi connectivity index (χ3n) is 4.85. The summed E-state index contributed by atoms with van der Waals surface area (Å²) in [6, 6.07) is 14.0. The van der Waals surface area contributed by atoms with Gasteiger partial charge in [0.1, 0.15) is 5.82 Å². The lowest BCUT2D eigenvalue weighted by molar-refractivity contribution is 0.0950. The van der Waals surface area contributed by atoms with E-state index < -0.39 is 11.7 Å². The first-order valence-electron chi connectivity index (χ1n) is 9.27. The monoisotopic (exact) mass is 369 g/mol. The number of amides is 3. The average molecular weight is 369 g/mol. The van der Waals surface area contributed by atoms with Crippen LogP contribution in [0.15, 0.2) is 48.5 Å². The predicted octanol–water partition coefficient (Wildman–Crippen LogP) is 2.97. The molecule has 0 fully saturated rings. The first kappa shape index (κ1) is 18.9. The largest absolute Gasteiger partial charge is 0.350 e. The van der Waals surface area contributed by atoms with Crippen LogP contribution in [-0.2, 0) is 6.42 Å². The van der Waals surface area contributed by atoms with Crippen molar-refractivity contribution in [2.75, 3.05) is 19.6 Å². The van der Waals surface area contributed by atoms with Crippen molar-refractivity contribution < 1.29 is 14.0 Å². The molecule has 0 saturated carbocycles. The minimum atomic E-state index is -0.561. The standard InChI is InChI=1S/C21H24FN3O2/c22-19-8-4-3-7-18(19)20(26)23-13-14-25-21(27)24-12-11-16-10-9-15-5-1-2-6-17(15)16/h1-8,16H,9-14H2,(H,23,26)(H2,24,25,27). The van der Waals surface area contributed by atoms with Gasteiger partial charge >= 0.3 is 6.03 Å². The second kappa shape index (κ2) is 9.16.